The van der Waals surface area contributed by atoms with Crippen LogP contribution in [0, 0.1) is 5.41 Å². The third-order valence-electron chi connectivity index (χ3n) is 5.78. The molecule has 158 valence electrons. The fourth-order valence-electron chi connectivity index (χ4n) is 3.85. The number of hydrogen-bond donors (Lipinski definition) is 1. The van der Waals surface area contributed by atoms with Crippen LogP contribution in [0.2, 0.25) is 0 Å². The minimum absolute atomic E-state index is 0.00415. The second kappa shape index (κ2) is 8.99. The Morgan fingerprint density at radius 3 is 2.66 bits per heavy atom. The molecule has 0 radical (unpaired) electrons. The molecule has 1 aliphatic rings. The smallest absolute Gasteiger partial charge is 0.317 e. The number of rotatable bonds is 6. The lowest BCUT2D eigenvalue weighted by atomic mass is 9.86. The van der Waals surface area contributed by atoms with Gasteiger partial charge in [0.05, 0.1) is 7.11 Å². The Balaban J connectivity index is 1.72. The van der Waals surface area contributed by atoms with Gasteiger partial charge in [-0.1, -0.05) is 32.9 Å². The zero-order valence-electron chi connectivity index (χ0n) is 18.4. The molecule has 1 aromatic carbocycles. The van der Waals surface area contributed by atoms with Crippen LogP contribution >= 0.6 is 0 Å². The molecule has 1 aromatic heterocycles. The third kappa shape index (κ3) is 5.18. The molecule has 29 heavy (non-hydrogen) atoms. The normalized spacial score (nSPS) is 16.0. The van der Waals surface area contributed by atoms with Gasteiger partial charge in [0, 0.05) is 37.8 Å². The van der Waals surface area contributed by atoms with Crippen LogP contribution in [0.1, 0.15) is 39.2 Å². The molecular weight excluding hydrogens is 364 g/mol. The first kappa shape index (κ1) is 21.4. The van der Waals surface area contributed by atoms with Gasteiger partial charge in [0.25, 0.3) is 0 Å². The van der Waals surface area contributed by atoms with Gasteiger partial charge >= 0.3 is 6.03 Å². The number of benzene rings is 1. The fourth-order valence-corrected chi connectivity index (χ4v) is 3.85. The summed E-state index contributed by atoms with van der Waals surface area (Å²) in [4.78, 5) is 21.7. The Labute approximate surface area is 174 Å². The van der Waals surface area contributed by atoms with Gasteiger partial charge in [-0.05, 0) is 49.0 Å². The van der Waals surface area contributed by atoms with E-state index in [0.29, 0.717) is 6.54 Å². The van der Waals surface area contributed by atoms with Gasteiger partial charge < -0.3 is 19.9 Å². The summed E-state index contributed by atoms with van der Waals surface area (Å²) in [6, 6.07) is 7.93. The number of nitrogens with zero attached hydrogens (tertiary/aromatic N) is 3. The van der Waals surface area contributed by atoms with Crippen molar-refractivity contribution in [2.75, 3.05) is 33.8 Å². The molecular formula is C23H34N4O2. The third-order valence-corrected chi connectivity index (χ3v) is 5.78. The van der Waals surface area contributed by atoms with E-state index in [1.807, 2.05) is 31.3 Å². The van der Waals surface area contributed by atoms with Crippen molar-refractivity contribution < 1.29 is 9.53 Å². The average molecular weight is 399 g/mol. The quantitative estimate of drug-likeness (QED) is 0.802. The molecule has 1 atom stereocenters. The van der Waals surface area contributed by atoms with E-state index < -0.39 is 0 Å². The highest BCUT2D eigenvalue weighted by atomic mass is 16.5. The number of likely N-dealkylation sites (tertiary alicyclic amines) is 1. The van der Waals surface area contributed by atoms with E-state index in [2.05, 4.69) is 36.0 Å². The zero-order valence-corrected chi connectivity index (χ0v) is 18.4. The van der Waals surface area contributed by atoms with E-state index in [1.165, 1.54) is 12.8 Å². The van der Waals surface area contributed by atoms with Crippen molar-refractivity contribution in [3.63, 3.8) is 0 Å². The molecule has 0 saturated carbocycles. The standard InChI is InChI=1S/C23H34N4O2/c1-23(2,3)20(16-27-13-6-7-14-27)25-22(28)26(4)15-17-10-11-19(29-5)21-18(17)9-8-12-24-21/h8-12,20H,6-7,13-16H2,1-5H3,(H,25,28)/t20-/m0/s1. The monoisotopic (exact) mass is 398 g/mol. The first-order valence-corrected chi connectivity index (χ1v) is 10.4. The molecule has 0 aliphatic carbocycles. The lowest BCUT2D eigenvalue weighted by Crippen LogP contribution is -2.53. The molecule has 2 amide bonds. The number of nitrogens with one attached hydrogen (secondary N) is 1. The zero-order chi connectivity index (χ0) is 21.0. The van der Waals surface area contributed by atoms with Gasteiger partial charge in [-0.3, -0.25) is 4.98 Å². The molecule has 3 rings (SSSR count). The number of fused-ring (bicyclic) bond motifs is 1. The summed E-state index contributed by atoms with van der Waals surface area (Å²) in [5.41, 5.74) is 1.87. The summed E-state index contributed by atoms with van der Waals surface area (Å²) in [7, 11) is 3.49. The summed E-state index contributed by atoms with van der Waals surface area (Å²) in [6.07, 6.45) is 4.27. The number of methoxy groups -OCH3 is 1. The van der Waals surface area contributed by atoms with Crippen LogP contribution in [-0.4, -0.2) is 60.6 Å². The van der Waals surface area contributed by atoms with Crippen LogP contribution in [-0.2, 0) is 6.54 Å². The van der Waals surface area contributed by atoms with Gasteiger partial charge in [0.1, 0.15) is 11.3 Å². The van der Waals surface area contributed by atoms with Crippen LogP contribution in [0.25, 0.3) is 10.9 Å². The first-order valence-electron chi connectivity index (χ1n) is 10.4. The number of carbonyl (C=O) groups is 1. The molecule has 0 spiro atoms. The van der Waals surface area contributed by atoms with E-state index in [-0.39, 0.29) is 17.5 Å². The SMILES string of the molecule is COc1ccc(CN(C)C(=O)N[C@@H](CN2CCCC2)C(C)(C)C)c2cccnc12. The highest BCUT2D eigenvalue weighted by molar-refractivity contribution is 5.87. The fraction of sp³-hybridized carbons (Fsp3) is 0.565. The van der Waals surface area contributed by atoms with Gasteiger partial charge in [0.2, 0.25) is 0 Å². The van der Waals surface area contributed by atoms with Crippen LogP contribution in [0.15, 0.2) is 30.5 Å². The molecule has 1 fully saturated rings. The van der Waals surface area contributed by atoms with E-state index in [4.69, 9.17) is 4.74 Å². The van der Waals surface area contributed by atoms with Crippen molar-refractivity contribution in [3.05, 3.63) is 36.0 Å². The van der Waals surface area contributed by atoms with Crippen LogP contribution < -0.4 is 10.1 Å². The Kier molecular flexibility index (Phi) is 6.63. The Morgan fingerprint density at radius 1 is 1.28 bits per heavy atom. The summed E-state index contributed by atoms with van der Waals surface area (Å²) in [6.45, 7) is 10.2. The predicted molar refractivity (Wildman–Crippen MR) is 117 cm³/mol. The number of hydrogen-bond acceptors (Lipinski definition) is 4. The maximum absolute atomic E-state index is 13.0. The number of ether oxygens (including phenoxy) is 1. The van der Waals surface area contributed by atoms with E-state index in [1.54, 1.807) is 18.2 Å². The average Bonchev–Trinajstić information content (AvgIpc) is 3.20. The lowest BCUT2D eigenvalue weighted by Gasteiger charge is -2.35. The lowest BCUT2D eigenvalue weighted by molar-refractivity contribution is 0.167. The maximum atomic E-state index is 13.0. The van der Waals surface area contributed by atoms with Gasteiger partial charge in [-0.15, -0.1) is 0 Å². The van der Waals surface area contributed by atoms with Gasteiger partial charge in [0.15, 0.2) is 0 Å². The highest BCUT2D eigenvalue weighted by Gasteiger charge is 2.30. The minimum Gasteiger partial charge on any atom is -0.494 e. The predicted octanol–water partition coefficient (Wildman–Crippen LogP) is 3.90. The Hall–Kier alpha value is -2.34. The summed E-state index contributed by atoms with van der Waals surface area (Å²) in [5.74, 6) is 0.745. The second-order valence-electron chi connectivity index (χ2n) is 9.06. The van der Waals surface area contributed by atoms with Crippen molar-refractivity contribution in [2.24, 2.45) is 5.41 Å². The Bertz CT molecular complexity index is 840. The van der Waals surface area contributed by atoms with Crippen molar-refractivity contribution in [1.82, 2.24) is 20.1 Å². The van der Waals surface area contributed by atoms with E-state index in [0.717, 1.165) is 41.9 Å². The number of urea groups is 1. The van der Waals surface area contributed by atoms with Gasteiger partial charge in [-0.2, -0.15) is 0 Å². The van der Waals surface area contributed by atoms with Gasteiger partial charge in [-0.25, -0.2) is 4.79 Å². The number of pyridine rings is 1. The van der Waals surface area contributed by atoms with Crippen LogP contribution in [0.5, 0.6) is 5.75 Å². The largest absolute Gasteiger partial charge is 0.494 e. The second-order valence-corrected chi connectivity index (χ2v) is 9.06. The summed E-state index contributed by atoms with van der Waals surface area (Å²) < 4.78 is 5.43. The molecule has 1 N–H and O–H groups in total. The minimum atomic E-state index is -0.0445. The van der Waals surface area contributed by atoms with E-state index >= 15 is 0 Å². The van der Waals surface area contributed by atoms with Crippen molar-refractivity contribution in [2.45, 2.75) is 46.2 Å². The molecule has 2 heterocycles. The highest BCUT2D eigenvalue weighted by Crippen LogP contribution is 2.27. The Morgan fingerprint density at radius 2 is 2.00 bits per heavy atom. The molecule has 0 bridgehead atoms. The summed E-state index contributed by atoms with van der Waals surface area (Å²) in [5, 5.41) is 4.29. The topological polar surface area (TPSA) is 57.7 Å². The molecule has 1 aliphatic heterocycles. The molecule has 0 unspecified atom stereocenters. The number of aromatic nitrogens is 1. The molecule has 2 aromatic rings. The number of amides is 2. The van der Waals surface area contributed by atoms with Crippen molar-refractivity contribution in [3.8, 4) is 5.75 Å². The molecule has 6 heteroatoms. The summed E-state index contributed by atoms with van der Waals surface area (Å²) >= 11 is 0. The molecule has 6 nitrogen and oxygen atoms in total. The first-order chi connectivity index (χ1) is 13.8. The van der Waals surface area contributed by atoms with Crippen molar-refractivity contribution in [1.29, 1.82) is 0 Å². The van der Waals surface area contributed by atoms with Crippen LogP contribution in [0.4, 0.5) is 4.79 Å². The van der Waals surface area contributed by atoms with E-state index in [9.17, 15) is 4.79 Å². The van der Waals surface area contributed by atoms with Crippen LogP contribution in [0.3, 0.4) is 0 Å². The molecule has 1 saturated heterocycles. The number of carbonyl (C=O) groups excluding carboxylic acids is 1. The van der Waals surface area contributed by atoms with Crippen molar-refractivity contribution >= 4 is 16.9 Å². The maximum Gasteiger partial charge on any atom is 0.317 e.